The molecule has 3 nitrogen and oxygen atoms in total. The molecule has 1 aromatic heterocycles. The van der Waals surface area contributed by atoms with Crippen molar-refractivity contribution in [1.82, 2.24) is 4.57 Å². The lowest BCUT2D eigenvalue weighted by molar-refractivity contribution is 0.0699. The zero-order valence-electron chi connectivity index (χ0n) is 9.07. The van der Waals surface area contributed by atoms with Crippen molar-refractivity contribution in [2.24, 2.45) is 0 Å². The van der Waals surface area contributed by atoms with Gasteiger partial charge in [0.2, 0.25) is 0 Å². The van der Waals surface area contributed by atoms with Gasteiger partial charge in [-0.1, -0.05) is 11.6 Å². The number of benzene rings is 1. The number of rotatable bonds is 2. The van der Waals surface area contributed by atoms with Crippen molar-refractivity contribution in [3.05, 3.63) is 35.0 Å². The molecule has 1 N–H and O–H groups in total. The quantitative estimate of drug-likeness (QED) is 0.868. The Kier molecular flexibility index (Phi) is 2.64. The van der Waals surface area contributed by atoms with Gasteiger partial charge in [0, 0.05) is 28.2 Å². The number of aromatic nitrogens is 1. The molecule has 0 bridgehead atoms. The molecule has 0 unspecified atom stereocenters. The summed E-state index contributed by atoms with van der Waals surface area (Å²) in [5.41, 5.74) is 1.20. The van der Waals surface area contributed by atoms with Crippen LogP contribution in [-0.2, 0) is 0 Å². The summed E-state index contributed by atoms with van der Waals surface area (Å²) in [7, 11) is 0. The highest BCUT2D eigenvalue weighted by Gasteiger charge is 2.15. The van der Waals surface area contributed by atoms with Gasteiger partial charge >= 0.3 is 5.97 Å². The molecule has 0 amide bonds. The van der Waals surface area contributed by atoms with Crippen LogP contribution in [0.4, 0.5) is 0 Å². The Balaban J connectivity index is 2.81. The topological polar surface area (TPSA) is 42.2 Å². The van der Waals surface area contributed by atoms with E-state index in [2.05, 4.69) is 0 Å². The Hall–Kier alpha value is -1.48. The predicted molar refractivity (Wildman–Crippen MR) is 64.3 cm³/mol. The molecule has 0 atom stereocenters. The van der Waals surface area contributed by atoms with Crippen molar-refractivity contribution in [2.45, 2.75) is 19.9 Å². The Morgan fingerprint density at radius 2 is 2.12 bits per heavy atom. The fourth-order valence-corrected chi connectivity index (χ4v) is 2.00. The maximum absolute atomic E-state index is 11.1. The average molecular weight is 238 g/mol. The van der Waals surface area contributed by atoms with Gasteiger partial charge in [0.15, 0.2) is 0 Å². The molecule has 0 spiro atoms. The zero-order chi connectivity index (χ0) is 11.9. The van der Waals surface area contributed by atoms with Crippen molar-refractivity contribution in [3.63, 3.8) is 0 Å². The minimum atomic E-state index is -0.924. The molecule has 0 aliphatic heterocycles. The predicted octanol–water partition coefficient (Wildman–Crippen LogP) is 3.57. The third kappa shape index (κ3) is 1.67. The molecule has 0 fully saturated rings. The molecule has 0 aliphatic rings. The lowest BCUT2D eigenvalue weighted by atomic mass is 10.2. The molecule has 16 heavy (non-hydrogen) atoms. The maximum atomic E-state index is 11.1. The normalized spacial score (nSPS) is 11.2. The van der Waals surface area contributed by atoms with Gasteiger partial charge in [0.25, 0.3) is 0 Å². The van der Waals surface area contributed by atoms with E-state index in [1.54, 1.807) is 18.3 Å². The van der Waals surface area contributed by atoms with Gasteiger partial charge in [0.1, 0.15) is 0 Å². The van der Waals surface area contributed by atoms with Crippen LogP contribution in [-0.4, -0.2) is 15.6 Å². The lowest BCUT2D eigenvalue weighted by Crippen LogP contribution is -1.98. The Labute approximate surface area is 98.3 Å². The number of aromatic carboxylic acids is 1. The SMILES string of the molecule is CC(C)n1cc(C(=O)O)c2cc(Cl)ccc21. The van der Waals surface area contributed by atoms with Crippen LogP contribution >= 0.6 is 11.6 Å². The summed E-state index contributed by atoms with van der Waals surface area (Å²) in [6.45, 7) is 4.03. The van der Waals surface area contributed by atoms with E-state index in [1.807, 2.05) is 24.5 Å². The van der Waals surface area contributed by atoms with Crippen LogP contribution in [0.1, 0.15) is 30.2 Å². The lowest BCUT2D eigenvalue weighted by Gasteiger charge is -2.08. The second kappa shape index (κ2) is 3.83. The summed E-state index contributed by atoms with van der Waals surface area (Å²) in [5, 5.41) is 10.4. The van der Waals surface area contributed by atoms with Crippen molar-refractivity contribution >= 4 is 28.5 Å². The van der Waals surface area contributed by atoms with Crippen LogP contribution in [0.2, 0.25) is 5.02 Å². The highest BCUT2D eigenvalue weighted by atomic mass is 35.5. The summed E-state index contributed by atoms with van der Waals surface area (Å²) < 4.78 is 1.94. The molecule has 1 aromatic carbocycles. The number of hydrogen-bond donors (Lipinski definition) is 1. The van der Waals surface area contributed by atoms with E-state index in [-0.39, 0.29) is 6.04 Å². The van der Waals surface area contributed by atoms with E-state index < -0.39 is 5.97 Å². The molecule has 4 heteroatoms. The van der Waals surface area contributed by atoms with Crippen LogP contribution in [0.3, 0.4) is 0 Å². The van der Waals surface area contributed by atoms with Crippen molar-refractivity contribution < 1.29 is 9.90 Å². The fraction of sp³-hybridized carbons (Fsp3) is 0.250. The number of nitrogens with zero attached hydrogens (tertiary/aromatic N) is 1. The summed E-state index contributed by atoms with van der Waals surface area (Å²) in [6, 6.07) is 5.54. The number of fused-ring (bicyclic) bond motifs is 1. The van der Waals surface area contributed by atoms with Crippen molar-refractivity contribution in [1.29, 1.82) is 0 Å². The smallest absolute Gasteiger partial charge is 0.337 e. The summed E-state index contributed by atoms with van der Waals surface area (Å²) in [5.74, 6) is -0.924. The van der Waals surface area contributed by atoms with Gasteiger partial charge in [-0.2, -0.15) is 0 Å². The highest BCUT2D eigenvalue weighted by molar-refractivity contribution is 6.31. The maximum Gasteiger partial charge on any atom is 0.337 e. The first-order valence-corrected chi connectivity index (χ1v) is 5.42. The first-order valence-electron chi connectivity index (χ1n) is 5.04. The molecule has 2 aromatic rings. The Bertz CT molecular complexity index is 557. The van der Waals surface area contributed by atoms with Gasteiger partial charge in [-0.3, -0.25) is 0 Å². The van der Waals surface area contributed by atoms with Gasteiger partial charge in [0.05, 0.1) is 5.56 Å². The van der Waals surface area contributed by atoms with E-state index in [0.29, 0.717) is 16.0 Å². The fourth-order valence-electron chi connectivity index (χ4n) is 1.82. The monoisotopic (exact) mass is 237 g/mol. The summed E-state index contributed by atoms with van der Waals surface area (Å²) in [4.78, 5) is 11.1. The minimum absolute atomic E-state index is 0.219. The van der Waals surface area contributed by atoms with Gasteiger partial charge in [-0.05, 0) is 32.0 Å². The minimum Gasteiger partial charge on any atom is -0.478 e. The van der Waals surface area contributed by atoms with Gasteiger partial charge in [-0.25, -0.2) is 4.79 Å². The van der Waals surface area contributed by atoms with E-state index in [1.165, 1.54) is 0 Å². The third-order valence-electron chi connectivity index (χ3n) is 2.58. The second-order valence-electron chi connectivity index (χ2n) is 4.01. The number of carboxylic acids is 1. The molecule has 0 saturated carbocycles. The zero-order valence-corrected chi connectivity index (χ0v) is 9.82. The van der Waals surface area contributed by atoms with Crippen molar-refractivity contribution in [3.8, 4) is 0 Å². The van der Waals surface area contributed by atoms with Crippen LogP contribution in [0.15, 0.2) is 24.4 Å². The molecular weight excluding hydrogens is 226 g/mol. The summed E-state index contributed by atoms with van der Waals surface area (Å²) >= 11 is 5.88. The molecular formula is C12H12ClNO2. The summed E-state index contributed by atoms with van der Waals surface area (Å²) in [6.07, 6.45) is 1.66. The number of hydrogen-bond acceptors (Lipinski definition) is 1. The van der Waals surface area contributed by atoms with E-state index >= 15 is 0 Å². The van der Waals surface area contributed by atoms with E-state index in [9.17, 15) is 4.79 Å². The van der Waals surface area contributed by atoms with Crippen LogP contribution in [0, 0.1) is 0 Å². The standard InChI is InChI=1S/C12H12ClNO2/c1-7(2)14-6-10(12(15)16)9-5-8(13)3-4-11(9)14/h3-7H,1-2H3,(H,15,16). The largest absolute Gasteiger partial charge is 0.478 e. The molecule has 2 rings (SSSR count). The van der Waals surface area contributed by atoms with E-state index in [0.717, 1.165) is 5.52 Å². The second-order valence-corrected chi connectivity index (χ2v) is 4.45. The molecule has 1 heterocycles. The average Bonchev–Trinajstić information content (AvgIpc) is 2.56. The molecule has 0 radical (unpaired) electrons. The van der Waals surface area contributed by atoms with Crippen LogP contribution in [0.25, 0.3) is 10.9 Å². The Morgan fingerprint density at radius 1 is 1.44 bits per heavy atom. The molecule has 84 valence electrons. The first-order chi connectivity index (χ1) is 7.50. The third-order valence-corrected chi connectivity index (χ3v) is 2.82. The number of carboxylic acid groups (broad SMARTS) is 1. The molecule has 0 saturated heterocycles. The highest BCUT2D eigenvalue weighted by Crippen LogP contribution is 2.27. The number of halogens is 1. The molecule has 0 aliphatic carbocycles. The van der Waals surface area contributed by atoms with Gasteiger partial charge < -0.3 is 9.67 Å². The first kappa shape index (κ1) is 11.0. The van der Waals surface area contributed by atoms with Crippen LogP contribution < -0.4 is 0 Å². The van der Waals surface area contributed by atoms with Gasteiger partial charge in [-0.15, -0.1) is 0 Å². The van der Waals surface area contributed by atoms with Crippen molar-refractivity contribution in [2.75, 3.05) is 0 Å². The number of carbonyl (C=O) groups is 1. The van der Waals surface area contributed by atoms with Crippen LogP contribution in [0.5, 0.6) is 0 Å². The van der Waals surface area contributed by atoms with E-state index in [4.69, 9.17) is 16.7 Å². The Morgan fingerprint density at radius 3 is 2.69 bits per heavy atom.